The smallest absolute Gasteiger partial charge is 0.190 e. The number of nitrogens with one attached hydrogen (secondary N) is 2. The SMILES string of the molecule is CN=C(NCCc1cc(F)cc2c1OCOC2)NCC1CCCN(C)C1c1cccs1. The standard InChI is InChI=1S/C23H31FN4O2S/c1-25-23(26-8-7-16-11-19(24)12-18-14-29-15-30-22(16)18)27-13-17-5-3-9-28(2)21(17)20-6-4-10-31-20/h4,6,10-12,17,21H,3,5,7-9,13-15H2,1-2H3,(H2,25,26,27). The fraction of sp³-hybridized carbons (Fsp3) is 0.522. The van der Waals surface area contributed by atoms with Gasteiger partial charge in [-0.1, -0.05) is 6.07 Å². The number of likely N-dealkylation sites (tertiary alicyclic amines) is 1. The average molecular weight is 447 g/mol. The van der Waals surface area contributed by atoms with Crippen LogP contribution in [-0.2, 0) is 17.8 Å². The van der Waals surface area contributed by atoms with E-state index in [1.807, 2.05) is 11.3 Å². The van der Waals surface area contributed by atoms with Gasteiger partial charge in [-0.15, -0.1) is 11.3 Å². The zero-order valence-corrected chi connectivity index (χ0v) is 19.0. The van der Waals surface area contributed by atoms with Gasteiger partial charge in [0.05, 0.1) is 6.61 Å². The highest BCUT2D eigenvalue weighted by atomic mass is 32.1. The van der Waals surface area contributed by atoms with Gasteiger partial charge in [0, 0.05) is 36.6 Å². The van der Waals surface area contributed by atoms with Gasteiger partial charge in [0.1, 0.15) is 11.6 Å². The molecule has 2 aromatic rings. The molecular weight excluding hydrogens is 415 g/mol. The Balaban J connectivity index is 1.32. The molecule has 3 heterocycles. The van der Waals surface area contributed by atoms with Crippen LogP contribution >= 0.6 is 11.3 Å². The van der Waals surface area contributed by atoms with Gasteiger partial charge in [-0.25, -0.2) is 4.39 Å². The number of nitrogens with zero attached hydrogens (tertiary/aromatic N) is 2. The molecule has 31 heavy (non-hydrogen) atoms. The summed E-state index contributed by atoms with van der Waals surface area (Å²) in [6.07, 6.45) is 3.06. The number of rotatable bonds is 6. The van der Waals surface area contributed by atoms with Gasteiger partial charge in [0.25, 0.3) is 0 Å². The Hall–Kier alpha value is -2.16. The van der Waals surface area contributed by atoms with Crippen LogP contribution in [0.1, 0.15) is 34.9 Å². The minimum Gasteiger partial charge on any atom is -0.467 e. The lowest BCUT2D eigenvalue weighted by Crippen LogP contribution is -2.45. The topological polar surface area (TPSA) is 58.1 Å². The van der Waals surface area contributed by atoms with Crippen LogP contribution in [0.4, 0.5) is 4.39 Å². The highest BCUT2D eigenvalue weighted by Crippen LogP contribution is 2.36. The number of hydrogen-bond donors (Lipinski definition) is 2. The van der Waals surface area contributed by atoms with Crippen LogP contribution in [0, 0.1) is 11.7 Å². The molecule has 2 N–H and O–H groups in total. The molecule has 0 radical (unpaired) electrons. The number of thiophene rings is 1. The number of hydrogen-bond acceptors (Lipinski definition) is 5. The molecule has 2 unspecified atom stereocenters. The first-order valence-electron chi connectivity index (χ1n) is 10.9. The van der Waals surface area contributed by atoms with Crippen molar-refractivity contribution in [2.24, 2.45) is 10.9 Å². The molecule has 0 aliphatic carbocycles. The first-order valence-corrected chi connectivity index (χ1v) is 11.7. The zero-order chi connectivity index (χ0) is 21.6. The Morgan fingerprint density at radius 1 is 1.35 bits per heavy atom. The predicted molar refractivity (Wildman–Crippen MR) is 122 cm³/mol. The highest BCUT2D eigenvalue weighted by Gasteiger charge is 2.31. The Labute approximate surface area is 187 Å². The second kappa shape index (κ2) is 10.4. The van der Waals surface area contributed by atoms with Gasteiger partial charge < -0.3 is 20.1 Å². The number of halogens is 1. The van der Waals surface area contributed by atoms with Gasteiger partial charge in [-0.2, -0.15) is 0 Å². The van der Waals surface area contributed by atoms with E-state index in [0.717, 1.165) is 35.9 Å². The molecule has 2 atom stereocenters. The molecule has 8 heteroatoms. The summed E-state index contributed by atoms with van der Waals surface area (Å²) < 4.78 is 24.8. The molecule has 2 aliphatic heterocycles. The molecule has 0 bridgehead atoms. The summed E-state index contributed by atoms with van der Waals surface area (Å²) in [6, 6.07) is 7.85. The van der Waals surface area contributed by atoms with E-state index in [1.54, 1.807) is 13.1 Å². The lowest BCUT2D eigenvalue weighted by Gasteiger charge is -2.39. The fourth-order valence-corrected chi connectivity index (χ4v) is 5.57. The number of benzene rings is 1. The quantitative estimate of drug-likeness (QED) is 0.525. The third-order valence-electron chi connectivity index (χ3n) is 6.04. The van der Waals surface area contributed by atoms with Crippen molar-refractivity contribution in [3.05, 3.63) is 51.5 Å². The van der Waals surface area contributed by atoms with Crippen molar-refractivity contribution in [2.45, 2.75) is 31.9 Å². The van der Waals surface area contributed by atoms with E-state index in [2.05, 4.69) is 45.1 Å². The largest absolute Gasteiger partial charge is 0.467 e. The molecule has 0 spiro atoms. The molecule has 4 rings (SSSR count). The molecular formula is C23H31FN4O2S. The molecule has 0 saturated carbocycles. The van der Waals surface area contributed by atoms with Crippen molar-refractivity contribution in [3.8, 4) is 5.75 Å². The van der Waals surface area contributed by atoms with Crippen LogP contribution in [0.3, 0.4) is 0 Å². The molecule has 6 nitrogen and oxygen atoms in total. The van der Waals surface area contributed by atoms with Gasteiger partial charge in [-0.05, 0) is 67.9 Å². The maximum Gasteiger partial charge on any atom is 0.190 e. The number of guanidine groups is 1. The summed E-state index contributed by atoms with van der Waals surface area (Å²) in [7, 11) is 4.00. The Morgan fingerprint density at radius 2 is 2.26 bits per heavy atom. The van der Waals surface area contributed by atoms with E-state index >= 15 is 0 Å². The monoisotopic (exact) mass is 446 g/mol. The van der Waals surface area contributed by atoms with Crippen molar-refractivity contribution in [1.82, 2.24) is 15.5 Å². The average Bonchev–Trinajstić information content (AvgIpc) is 3.30. The molecule has 2 aliphatic rings. The Morgan fingerprint density at radius 3 is 3.06 bits per heavy atom. The normalized spacial score (nSPS) is 22.0. The van der Waals surface area contributed by atoms with E-state index in [-0.39, 0.29) is 12.6 Å². The van der Waals surface area contributed by atoms with E-state index in [4.69, 9.17) is 9.47 Å². The van der Waals surface area contributed by atoms with Crippen molar-refractivity contribution in [3.63, 3.8) is 0 Å². The van der Waals surface area contributed by atoms with Crippen molar-refractivity contribution in [1.29, 1.82) is 0 Å². The van der Waals surface area contributed by atoms with Gasteiger partial charge >= 0.3 is 0 Å². The van der Waals surface area contributed by atoms with E-state index < -0.39 is 0 Å². The highest BCUT2D eigenvalue weighted by molar-refractivity contribution is 7.10. The third-order valence-corrected chi connectivity index (χ3v) is 6.98. The number of fused-ring (bicyclic) bond motifs is 1. The summed E-state index contributed by atoms with van der Waals surface area (Å²) in [5, 5.41) is 9.02. The lowest BCUT2D eigenvalue weighted by atomic mass is 9.88. The van der Waals surface area contributed by atoms with Crippen molar-refractivity contribution < 1.29 is 13.9 Å². The predicted octanol–water partition coefficient (Wildman–Crippen LogP) is 3.54. The van der Waals surface area contributed by atoms with Crippen LogP contribution in [0.2, 0.25) is 0 Å². The van der Waals surface area contributed by atoms with Crippen LogP contribution in [-0.4, -0.2) is 51.4 Å². The third kappa shape index (κ3) is 5.37. The second-order valence-electron chi connectivity index (χ2n) is 8.14. The number of piperidine rings is 1. The van der Waals surface area contributed by atoms with Gasteiger partial charge in [0.15, 0.2) is 12.8 Å². The Kier molecular flexibility index (Phi) is 7.42. The summed E-state index contributed by atoms with van der Waals surface area (Å²) in [5.41, 5.74) is 1.62. The molecule has 0 amide bonds. The minimum absolute atomic E-state index is 0.212. The van der Waals surface area contributed by atoms with Crippen LogP contribution in [0.5, 0.6) is 5.75 Å². The van der Waals surface area contributed by atoms with Gasteiger partial charge in [0.2, 0.25) is 0 Å². The second-order valence-corrected chi connectivity index (χ2v) is 9.12. The summed E-state index contributed by atoms with van der Waals surface area (Å²) in [5.74, 6) is 1.79. The Bertz CT molecular complexity index is 890. The molecule has 1 saturated heterocycles. The van der Waals surface area contributed by atoms with E-state index in [9.17, 15) is 4.39 Å². The number of ether oxygens (including phenoxy) is 2. The maximum absolute atomic E-state index is 13.9. The zero-order valence-electron chi connectivity index (χ0n) is 18.2. The van der Waals surface area contributed by atoms with E-state index in [1.165, 1.54) is 23.8 Å². The summed E-state index contributed by atoms with van der Waals surface area (Å²) in [4.78, 5) is 8.27. The summed E-state index contributed by atoms with van der Waals surface area (Å²) in [6.45, 7) is 3.24. The van der Waals surface area contributed by atoms with Crippen molar-refractivity contribution in [2.75, 3.05) is 40.5 Å². The summed E-state index contributed by atoms with van der Waals surface area (Å²) >= 11 is 1.83. The van der Waals surface area contributed by atoms with Crippen molar-refractivity contribution >= 4 is 17.3 Å². The first kappa shape index (κ1) is 22.0. The molecule has 1 fully saturated rings. The van der Waals surface area contributed by atoms with E-state index in [0.29, 0.717) is 31.5 Å². The minimum atomic E-state index is -0.258. The fourth-order valence-electron chi connectivity index (χ4n) is 4.59. The first-order chi connectivity index (χ1) is 15.2. The van der Waals surface area contributed by atoms with Crippen LogP contribution in [0.15, 0.2) is 34.6 Å². The molecule has 1 aromatic heterocycles. The number of aliphatic imine (C=N–C) groups is 1. The molecule has 168 valence electrons. The van der Waals surface area contributed by atoms with Crippen LogP contribution < -0.4 is 15.4 Å². The maximum atomic E-state index is 13.9. The van der Waals surface area contributed by atoms with Crippen LogP contribution in [0.25, 0.3) is 0 Å². The lowest BCUT2D eigenvalue weighted by molar-refractivity contribution is -0.0172. The molecule has 1 aromatic carbocycles. The van der Waals surface area contributed by atoms with Gasteiger partial charge in [-0.3, -0.25) is 9.89 Å².